The van der Waals surface area contributed by atoms with E-state index >= 15 is 0 Å². The van der Waals surface area contributed by atoms with Gasteiger partial charge in [0.2, 0.25) is 0 Å². The number of carbonyl (C=O) groups excluding carboxylic acids is 1. The van der Waals surface area contributed by atoms with Crippen molar-refractivity contribution >= 4 is 5.91 Å². The van der Waals surface area contributed by atoms with Crippen molar-refractivity contribution in [1.82, 2.24) is 10.2 Å². The summed E-state index contributed by atoms with van der Waals surface area (Å²) in [5, 5.41) is 3.27. The maximum absolute atomic E-state index is 13.1. The highest BCUT2D eigenvalue weighted by atomic mass is 16.5. The Morgan fingerprint density at radius 3 is 2.27 bits per heavy atom. The van der Waals surface area contributed by atoms with Crippen molar-refractivity contribution in [2.45, 2.75) is 24.4 Å². The number of hydrogen-bond acceptors (Lipinski definition) is 3. The summed E-state index contributed by atoms with van der Waals surface area (Å²) in [6.07, 6.45) is 1.69. The van der Waals surface area contributed by atoms with Gasteiger partial charge in [-0.2, -0.15) is 0 Å². The van der Waals surface area contributed by atoms with Gasteiger partial charge in [0.1, 0.15) is 6.10 Å². The second kappa shape index (κ2) is 7.60. The molecule has 1 atom stereocenters. The van der Waals surface area contributed by atoms with E-state index in [9.17, 15) is 4.79 Å². The smallest absolute Gasteiger partial charge is 0.253 e. The maximum Gasteiger partial charge on any atom is 0.253 e. The monoisotopic (exact) mass is 350 g/mol. The Balaban J connectivity index is 1.67. The van der Waals surface area contributed by atoms with Gasteiger partial charge in [-0.1, -0.05) is 60.7 Å². The zero-order valence-electron chi connectivity index (χ0n) is 15.1. The summed E-state index contributed by atoms with van der Waals surface area (Å²) in [6, 6.07) is 21.2. The quantitative estimate of drug-likeness (QED) is 0.925. The average Bonchev–Trinajstić information content (AvgIpc) is 2.75. The number of hydrogen-bond donors (Lipinski definition) is 1. The number of benzene rings is 2. The first-order valence-electron chi connectivity index (χ1n) is 9.52. The largest absolute Gasteiger partial charge is 0.366 e. The third-order valence-electron chi connectivity index (χ3n) is 5.66. The summed E-state index contributed by atoms with van der Waals surface area (Å²) >= 11 is 0. The number of morpholine rings is 1. The third-order valence-corrected chi connectivity index (χ3v) is 5.66. The van der Waals surface area contributed by atoms with Gasteiger partial charge < -0.3 is 15.0 Å². The molecule has 0 aliphatic carbocycles. The highest BCUT2D eigenvalue weighted by Crippen LogP contribution is 2.40. The predicted molar refractivity (Wildman–Crippen MR) is 102 cm³/mol. The van der Waals surface area contributed by atoms with Crippen LogP contribution in [0.5, 0.6) is 0 Å². The molecule has 0 bridgehead atoms. The Morgan fingerprint density at radius 2 is 1.69 bits per heavy atom. The first-order chi connectivity index (χ1) is 12.8. The van der Waals surface area contributed by atoms with E-state index in [2.05, 4.69) is 66.0 Å². The highest BCUT2D eigenvalue weighted by Gasteiger charge is 2.41. The van der Waals surface area contributed by atoms with Gasteiger partial charge in [0.05, 0.1) is 6.61 Å². The Hall–Kier alpha value is -2.17. The van der Waals surface area contributed by atoms with Gasteiger partial charge in [0.15, 0.2) is 0 Å². The van der Waals surface area contributed by atoms with Gasteiger partial charge in [-0.3, -0.25) is 4.79 Å². The SMILES string of the molecule is O=C([C@@H]1CNCCO1)N1CCCC(c2ccccc2)(c2ccccc2)C1. The molecule has 4 heteroatoms. The fourth-order valence-corrected chi connectivity index (χ4v) is 4.32. The van der Waals surface area contributed by atoms with Crippen molar-refractivity contribution in [3.05, 3.63) is 71.8 Å². The average molecular weight is 350 g/mol. The molecule has 2 heterocycles. The Morgan fingerprint density at radius 1 is 1.04 bits per heavy atom. The normalized spacial score (nSPS) is 22.8. The van der Waals surface area contributed by atoms with Crippen LogP contribution in [0.1, 0.15) is 24.0 Å². The van der Waals surface area contributed by atoms with Crippen LogP contribution in [-0.2, 0) is 14.9 Å². The third kappa shape index (κ3) is 3.27. The highest BCUT2D eigenvalue weighted by molar-refractivity contribution is 5.81. The molecule has 1 amide bonds. The van der Waals surface area contributed by atoms with Crippen molar-refractivity contribution in [1.29, 1.82) is 0 Å². The van der Waals surface area contributed by atoms with Crippen LogP contribution in [0.3, 0.4) is 0 Å². The minimum atomic E-state index is -0.355. The van der Waals surface area contributed by atoms with Crippen molar-refractivity contribution in [2.24, 2.45) is 0 Å². The molecule has 0 saturated carbocycles. The summed E-state index contributed by atoms with van der Waals surface area (Å²) in [7, 11) is 0. The van der Waals surface area contributed by atoms with Crippen LogP contribution in [0.25, 0.3) is 0 Å². The van der Waals surface area contributed by atoms with E-state index in [1.54, 1.807) is 0 Å². The van der Waals surface area contributed by atoms with E-state index in [4.69, 9.17) is 4.74 Å². The van der Waals surface area contributed by atoms with Gasteiger partial charge in [0, 0.05) is 31.6 Å². The topological polar surface area (TPSA) is 41.6 Å². The van der Waals surface area contributed by atoms with Gasteiger partial charge >= 0.3 is 0 Å². The molecule has 2 aromatic carbocycles. The molecule has 2 fully saturated rings. The first kappa shape index (κ1) is 17.3. The molecule has 0 radical (unpaired) electrons. The zero-order valence-corrected chi connectivity index (χ0v) is 15.1. The molecule has 2 aliphatic rings. The summed E-state index contributed by atoms with van der Waals surface area (Å²) in [4.78, 5) is 15.1. The van der Waals surface area contributed by atoms with Crippen LogP contribution in [0, 0.1) is 0 Å². The second-order valence-electron chi connectivity index (χ2n) is 7.24. The van der Waals surface area contributed by atoms with Crippen LogP contribution < -0.4 is 5.32 Å². The Bertz CT molecular complexity index is 687. The van der Waals surface area contributed by atoms with Crippen LogP contribution in [0.4, 0.5) is 0 Å². The zero-order chi connectivity index (χ0) is 17.8. The number of carbonyl (C=O) groups is 1. The summed E-state index contributed by atoms with van der Waals surface area (Å²) in [5.74, 6) is 0.119. The molecule has 1 N–H and O–H groups in total. The standard InChI is InChI=1S/C22H26N2O2/c25-21(20-16-23-13-15-26-20)24-14-7-12-22(17-24,18-8-3-1-4-9-18)19-10-5-2-6-11-19/h1-6,8-11,20,23H,7,12-17H2/t20-/m0/s1. The fraction of sp³-hybridized carbons (Fsp3) is 0.409. The first-order valence-corrected chi connectivity index (χ1v) is 9.52. The molecule has 0 spiro atoms. The van der Waals surface area contributed by atoms with Gasteiger partial charge in [-0.15, -0.1) is 0 Å². The lowest BCUT2D eigenvalue weighted by Crippen LogP contribution is -2.55. The minimum Gasteiger partial charge on any atom is -0.366 e. The number of piperidine rings is 1. The molecule has 2 aliphatic heterocycles. The van der Waals surface area contributed by atoms with Gasteiger partial charge in [0.25, 0.3) is 5.91 Å². The molecular formula is C22H26N2O2. The van der Waals surface area contributed by atoms with Crippen molar-refractivity contribution < 1.29 is 9.53 Å². The molecule has 0 unspecified atom stereocenters. The number of nitrogens with one attached hydrogen (secondary N) is 1. The van der Waals surface area contributed by atoms with E-state index in [0.717, 1.165) is 25.9 Å². The van der Waals surface area contributed by atoms with Crippen LogP contribution in [0.2, 0.25) is 0 Å². The van der Waals surface area contributed by atoms with E-state index in [0.29, 0.717) is 19.7 Å². The van der Waals surface area contributed by atoms with E-state index in [1.807, 2.05) is 4.90 Å². The van der Waals surface area contributed by atoms with Crippen LogP contribution >= 0.6 is 0 Å². The molecule has 0 aromatic heterocycles. The lowest BCUT2D eigenvalue weighted by Gasteiger charge is -2.45. The number of nitrogens with zero attached hydrogens (tertiary/aromatic N) is 1. The number of likely N-dealkylation sites (tertiary alicyclic amines) is 1. The van der Waals surface area contributed by atoms with Gasteiger partial charge in [-0.25, -0.2) is 0 Å². The molecule has 136 valence electrons. The summed E-state index contributed by atoms with van der Waals surface area (Å²) < 4.78 is 5.72. The second-order valence-corrected chi connectivity index (χ2v) is 7.24. The van der Waals surface area contributed by atoms with Crippen molar-refractivity contribution in [3.8, 4) is 0 Å². The summed E-state index contributed by atoms with van der Waals surface area (Å²) in [6.45, 7) is 3.55. The lowest BCUT2D eigenvalue weighted by atomic mass is 9.69. The lowest BCUT2D eigenvalue weighted by molar-refractivity contribution is -0.147. The van der Waals surface area contributed by atoms with Crippen molar-refractivity contribution in [2.75, 3.05) is 32.8 Å². The number of amides is 1. The van der Waals surface area contributed by atoms with Crippen molar-refractivity contribution in [3.63, 3.8) is 0 Å². The number of rotatable bonds is 3. The summed E-state index contributed by atoms with van der Waals surface area (Å²) in [5.41, 5.74) is 2.41. The molecule has 2 saturated heterocycles. The van der Waals surface area contributed by atoms with E-state index < -0.39 is 0 Å². The molecule has 4 rings (SSSR count). The van der Waals surface area contributed by atoms with Gasteiger partial charge in [-0.05, 0) is 24.0 Å². The fourth-order valence-electron chi connectivity index (χ4n) is 4.32. The predicted octanol–water partition coefficient (Wildman–Crippen LogP) is 2.58. The molecule has 4 nitrogen and oxygen atoms in total. The van der Waals surface area contributed by atoms with E-state index in [1.165, 1.54) is 11.1 Å². The minimum absolute atomic E-state index is 0.119. The molecule has 26 heavy (non-hydrogen) atoms. The van der Waals surface area contributed by atoms with Crippen LogP contribution in [-0.4, -0.2) is 49.7 Å². The Kier molecular flexibility index (Phi) is 5.05. The Labute approximate surface area is 155 Å². The maximum atomic E-state index is 13.1. The molecule has 2 aromatic rings. The number of ether oxygens (including phenoxy) is 1. The van der Waals surface area contributed by atoms with Crippen LogP contribution in [0.15, 0.2) is 60.7 Å². The molecular weight excluding hydrogens is 324 g/mol. The van der Waals surface area contributed by atoms with E-state index in [-0.39, 0.29) is 17.4 Å².